The van der Waals surface area contributed by atoms with Crippen molar-refractivity contribution in [2.75, 3.05) is 295 Å². The van der Waals surface area contributed by atoms with Crippen molar-refractivity contribution in [2.45, 2.75) is 254 Å². The van der Waals surface area contributed by atoms with Gasteiger partial charge in [0.15, 0.2) is 5.76 Å². The van der Waals surface area contributed by atoms with Gasteiger partial charge in [0.2, 0.25) is 47.3 Å². The first kappa shape index (κ1) is 114. The van der Waals surface area contributed by atoms with Gasteiger partial charge in [0.05, 0.1) is 18.9 Å². The van der Waals surface area contributed by atoms with E-state index in [1.807, 2.05) is 189 Å². The quantitative estimate of drug-likeness (QED) is 0.168. The summed E-state index contributed by atoms with van der Waals surface area (Å²) < 4.78 is 16.2. The third-order valence-corrected chi connectivity index (χ3v) is 28.2. The number of likely N-dealkylation sites (tertiary alicyclic amines) is 4. The fourth-order valence-electron chi connectivity index (χ4n) is 19.7. The van der Waals surface area contributed by atoms with Crippen LogP contribution in [0.5, 0.6) is 0 Å². The topological polar surface area (TPSA) is 261 Å². The van der Waals surface area contributed by atoms with Gasteiger partial charge in [-0.1, -0.05) is 152 Å². The Hall–Kier alpha value is -6.42. The highest BCUT2D eigenvalue weighted by Gasteiger charge is 2.40. The minimum Gasteiger partial charge on any atom is -0.459 e. The second-order valence-corrected chi connectivity index (χ2v) is 47.2. The molecule has 0 aromatic carbocycles. The van der Waals surface area contributed by atoms with Crippen LogP contribution < -0.4 is 0 Å². The number of rotatable bonds is 14. The molecule has 0 spiro atoms. The summed E-state index contributed by atoms with van der Waals surface area (Å²) in [5.74, 6) is 2.29. The van der Waals surface area contributed by atoms with Crippen molar-refractivity contribution < 1.29 is 61.8 Å². The Morgan fingerprint density at radius 1 is 0.296 bits per heavy atom. The number of hydrogen-bond acceptors (Lipinski definition) is 21. The lowest BCUT2D eigenvalue weighted by Gasteiger charge is -2.43. The predicted molar refractivity (Wildman–Crippen MR) is 536 cm³/mol. The number of nitrogens with zero attached hydrogens (tertiary/aromatic N) is 18. The summed E-state index contributed by atoms with van der Waals surface area (Å²) in [6.45, 7) is 82.2. The van der Waals surface area contributed by atoms with Crippen LogP contribution in [0.1, 0.15) is 246 Å². The number of piperidine rings is 2. The van der Waals surface area contributed by atoms with E-state index in [1.54, 1.807) is 17.0 Å². The SMILES string of the molecule is CC(C)(C)C(=O)N1CCN(C(=O)C2CCCO2)CC1.CC(C)(C)C(=O)N1CCN(C(=O)c2ccco2)CC1.CC(C)(C)C(=O)N1CCN(CC(=O)N2CCCC2)CC1.CC(C)(C)C(=O)N1CCN(CC2CCCO2)CC1.CC(C)(C)C(=O)N1CCN(CCCN2CCCC2)CC1.CC(C)(C)C(=O)N1CCN(CCN2CCCCC2)CC1.CN1CCC(N2CCN(C(=O)C(C)(C)C)CC2)CC1. The largest absolute Gasteiger partial charge is 0.459 e. The summed E-state index contributed by atoms with van der Waals surface area (Å²) in [6, 6.07) is 4.10. The Labute approximate surface area is 815 Å². The Morgan fingerprint density at radius 3 is 0.963 bits per heavy atom. The van der Waals surface area contributed by atoms with Gasteiger partial charge in [-0.2, -0.15) is 0 Å². The zero-order valence-electron chi connectivity index (χ0n) is 88.8. The van der Waals surface area contributed by atoms with Gasteiger partial charge in [-0.15, -0.1) is 0 Å². The summed E-state index contributed by atoms with van der Waals surface area (Å²) in [5.41, 5.74) is -2.00. The molecule has 135 heavy (non-hydrogen) atoms. The monoisotopic (exact) mass is 1900 g/mol. The van der Waals surface area contributed by atoms with E-state index in [0.717, 1.165) is 195 Å². The number of hydrogen-bond donors (Lipinski definition) is 0. The Morgan fingerprint density at radius 2 is 0.607 bits per heavy atom. The molecular weight excluding hydrogens is 1710 g/mol. The van der Waals surface area contributed by atoms with E-state index in [1.165, 1.54) is 129 Å². The van der Waals surface area contributed by atoms with E-state index in [4.69, 9.17) is 13.9 Å². The first-order valence-corrected chi connectivity index (χ1v) is 52.4. The van der Waals surface area contributed by atoms with Crippen LogP contribution in [0.15, 0.2) is 22.8 Å². The number of carbonyl (C=O) groups is 10. The number of furan rings is 1. The second-order valence-electron chi connectivity index (χ2n) is 47.2. The lowest BCUT2D eigenvalue weighted by Crippen LogP contribution is -2.55. The van der Waals surface area contributed by atoms with Crippen LogP contribution in [0, 0.1) is 37.9 Å². The van der Waals surface area contributed by atoms with Gasteiger partial charge in [-0.05, 0) is 155 Å². The molecule has 0 bridgehead atoms. The molecule has 772 valence electrons. The molecule has 0 saturated carbocycles. The lowest BCUT2D eigenvalue weighted by molar-refractivity contribution is -0.148. The maximum atomic E-state index is 12.2. The molecule has 10 amide bonds. The molecule has 14 heterocycles. The third-order valence-electron chi connectivity index (χ3n) is 28.2. The van der Waals surface area contributed by atoms with Crippen LogP contribution in [-0.4, -0.2) is 461 Å². The fourth-order valence-corrected chi connectivity index (χ4v) is 19.7. The summed E-state index contributed by atoms with van der Waals surface area (Å²) in [6.07, 6.45) is 18.9. The van der Waals surface area contributed by atoms with Crippen LogP contribution in [-0.2, 0) is 52.6 Å². The standard InChI is InChI=1S/2C16H31N3O.C15H27N3O2.C15H29N3O.C14H24N2O3.C14H20N2O3.C14H26N2O2/c1-16(2,3)15(20)19-13-11-18(12-14-19)10-6-9-17-7-4-5-8-17;1-16(2,3)15(20)19-13-11-18(12-14-19)10-9-17-7-5-4-6-8-17;1-15(2,3)14(20)18-10-8-16(9-11-18)12-13(19)17-6-4-5-7-17;1-15(2,3)14(19)18-11-9-17(10-12-18)13-5-7-16(4)8-6-13;2*1-14(2,3)13(18)16-8-6-15(7-9-16)12(17)11-5-4-10-19-11;1-14(2,3)13(17)16-8-6-15(7-9-16)11-12-5-4-10-18-12/h2*4-14H2,1-3H3;4-12H2,1-3H3;13H,5-12H2,1-4H3;11H,4-10H2,1-3H3;4-5,10H,6-9H2,1-3H3;12H,4-11H2,1-3H3. The molecular formula is C104H188N18O13. The Balaban J connectivity index is 0.000000194. The van der Waals surface area contributed by atoms with Crippen molar-refractivity contribution in [3.63, 3.8) is 0 Å². The fraction of sp³-hybridized carbons (Fsp3) is 0.865. The van der Waals surface area contributed by atoms with Crippen LogP contribution in [0.2, 0.25) is 0 Å². The van der Waals surface area contributed by atoms with Crippen molar-refractivity contribution in [3.05, 3.63) is 24.2 Å². The molecule has 1 aromatic heterocycles. The molecule has 13 aliphatic rings. The molecule has 2 atom stereocenters. The highest BCUT2D eigenvalue weighted by molar-refractivity contribution is 5.92. The molecule has 13 saturated heterocycles. The molecule has 0 radical (unpaired) electrons. The second kappa shape index (κ2) is 53.4. The van der Waals surface area contributed by atoms with E-state index in [2.05, 4.69) is 46.2 Å². The first-order valence-electron chi connectivity index (χ1n) is 52.4. The molecule has 31 nitrogen and oxygen atoms in total. The summed E-state index contributed by atoms with van der Waals surface area (Å²) in [4.78, 5) is 161. The van der Waals surface area contributed by atoms with E-state index in [0.29, 0.717) is 95.1 Å². The zero-order valence-corrected chi connectivity index (χ0v) is 88.8. The minimum absolute atomic E-state index is 0.0976. The number of amides is 10. The van der Waals surface area contributed by atoms with E-state index in [-0.39, 0.29) is 85.4 Å². The van der Waals surface area contributed by atoms with Gasteiger partial charge in [-0.3, -0.25) is 72.4 Å². The molecule has 0 aliphatic carbocycles. The van der Waals surface area contributed by atoms with Crippen molar-refractivity contribution in [1.82, 2.24) is 88.2 Å². The van der Waals surface area contributed by atoms with E-state index in [9.17, 15) is 47.9 Å². The van der Waals surface area contributed by atoms with Gasteiger partial charge in [0.25, 0.3) is 11.8 Å². The summed E-state index contributed by atoms with van der Waals surface area (Å²) in [7, 11) is 2.20. The number of piperazine rings is 7. The van der Waals surface area contributed by atoms with Crippen LogP contribution >= 0.6 is 0 Å². The van der Waals surface area contributed by atoms with Gasteiger partial charge >= 0.3 is 0 Å². The lowest BCUT2D eigenvalue weighted by atomic mass is 9.94. The van der Waals surface area contributed by atoms with Gasteiger partial charge in [-0.25, -0.2) is 0 Å². The number of carbonyl (C=O) groups excluding carboxylic acids is 10. The molecule has 2 unspecified atom stereocenters. The highest BCUT2D eigenvalue weighted by atomic mass is 16.5. The predicted octanol–water partition coefficient (Wildman–Crippen LogP) is 9.24. The van der Waals surface area contributed by atoms with Crippen molar-refractivity contribution in [3.8, 4) is 0 Å². The van der Waals surface area contributed by atoms with E-state index < -0.39 is 0 Å². The molecule has 13 aliphatic heterocycles. The summed E-state index contributed by atoms with van der Waals surface area (Å²) >= 11 is 0. The molecule has 1 aromatic rings. The zero-order chi connectivity index (χ0) is 99.2. The average molecular weight is 1900 g/mol. The normalized spacial score (nSPS) is 22.7. The van der Waals surface area contributed by atoms with Crippen molar-refractivity contribution in [2.24, 2.45) is 37.9 Å². The van der Waals surface area contributed by atoms with Crippen LogP contribution in [0.3, 0.4) is 0 Å². The molecule has 14 rings (SSSR count). The van der Waals surface area contributed by atoms with Crippen LogP contribution in [0.25, 0.3) is 0 Å². The van der Waals surface area contributed by atoms with Crippen molar-refractivity contribution in [1.29, 1.82) is 0 Å². The molecule has 31 heteroatoms. The van der Waals surface area contributed by atoms with Gasteiger partial charge in [0.1, 0.15) is 6.10 Å². The smallest absolute Gasteiger partial charge is 0.289 e. The molecule has 0 N–H and O–H groups in total. The Bertz CT molecular complexity index is 3730. The van der Waals surface area contributed by atoms with Crippen molar-refractivity contribution >= 4 is 59.1 Å². The average Bonchev–Trinajstić information content (AvgIpc) is 1.30. The van der Waals surface area contributed by atoms with Gasteiger partial charge < -0.3 is 77.6 Å². The minimum atomic E-state index is -0.368. The van der Waals surface area contributed by atoms with E-state index >= 15 is 0 Å². The maximum absolute atomic E-state index is 12.2. The Kier molecular flexibility index (Phi) is 45.1. The maximum Gasteiger partial charge on any atom is 0.289 e. The third kappa shape index (κ3) is 38.2. The first-order chi connectivity index (χ1) is 63.4. The van der Waals surface area contributed by atoms with Crippen LogP contribution in [0.4, 0.5) is 0 Å². The number of ether oxygens (including phenoxy) is 2. The summed E-state index contributed by atoms with van der Waals surface area (Å²) in [5, 5.41) is 0. The van der Waals surface area contributed by atoms with Gasteiger partial charge in [0, 0.05) is 273 Å². The highest BCUT2D eigenvalue weighted by Crippen LogP contribution is 2.29. The molecule has 13 fully saturated rings.